The molecule has 0 unspecified atom stereocenters. The molecule has 2 nitrogen and oxygen atoms in total. The van der Waals surface area contributed by atoms with Gasteiger partial charge in [0.2, 0.25) is 10.2 Å². The summed E-state index contributed by atoms with van der Waals surface area (Å²) in [6, 6.07) is 10.6. The van der Waals surface area contributed by atoms with Crippen molar-refractivity contribution in [1.82, 2.24) is 0 Å². The van der Waals surface area contributed by atoms with Crippen LogP contribution < -0.4 is 0 Å². The lowest BCUT2D eigenvalue weighted by Crippen LogP contribution is -2.07. The van der Waals surface area contributed by atoms with Gasteiger partial charge in [0.05, 0.1) is 5.56 Å². The molecule has 2 aromatic rings. The van der Waals surface area contributed by atoms with E-state index in [1.54, 1.807) is 37.3 Å². The molecule has 0 saturated carbocycles. The van der Waals surface area contributed by atoms with Gasteiger partial charge in [0.25, 0.3) is 0 Å². The van der Waals surface area contributed by atoms with Crippen molar-refractivity contribution in [2.24, 2.45) is 0 Å². The quantitative estimate of drug-likeness (QED) is 0.282. The Morgan fingerprint density at radius 3 is 2.14 bits per heavy atom. The highest BCUT2D eigenvalue weighted by Gasteiger charge is 2.33. The topological polar surface area (TPSA) is 34.1 Å². The molecule has 150 valence electrons. The maximum absolute atomic E-state index is 13.4. The van der Waals surface area contributed by atoms with Crippen LogP contribution in [0.25, 0.3) is 12.2 Å². The number of benzene rings is 2. The van der Waals surface area contributed by atoms with Gasteiger partial charge in [-0.2, -0.15) is 13.2 Å². The number of thioether (sulfide) groups is 2. The highest BCUT2D eigenvalue weighted by Crippen LogP contribution is 2.36. The molecule has 0 radical (unpaired) electrons. The summed E-state index contributed by atoms with van der Waals surface area (Å²) in [5.41, 5.74) is 0.291. The minimum absolute atomic E-state index is 0.0104. The average Bonchev–Trinajstić information content (AvgIpc) is 2.67. The largest absolute Gasteiger partial charge is 0.417 e. The maximum Gasteiger partial charge on any atom is 0.417 e. The highest BCUT2D eigenvalue weighted by molar-refractivity contribution is 8.14. The van der Waals surface area contributed by atoms with E-state index in [0.29, 0.717) is 22.9 Å². The monoisotopic (exact) mass is 434 g/mol. The Morgan fingerprint density at radius 1 is 0.966 bits per heavy atom. The second-order valence-electron chi connectivity index (χ2n) is 5.94. The number of rotatable bonds is 6. The summed E-state index contributed by atoms with van der Waals surface area (Å²) in [6.45, 7) is 8.53. The first kappa shape index (κ1) is 22.8. The Balaban J connectivity index is 2.24. The van der Waals surface area contributed by atoms with E-state index in [9.17, 15) is 22.8 Å². The third-order valence-corrected chi connectivity index (χ3v) is 5.51. The fourth-order valence-electron chi connectivity index (χ4n) is 2.17. The van der Waals surface area contributed by atoms with Crippen LogP contribution in [-0.4, -0.2) is 10.2 Å². The van der Waals surface area contributed by atoms with Gasteiger partial charge in [0.1, 0.15) is 0 Å². The minimum atomic E-state index is -4.56. The van der Waals surface area contributed by atoms with Gasteiger partial charge in [-0.05, 0) is 77.5 Å². The standard InChI is InChI=1S/C22H17F3O2S2/c1-4-20(26)28-18-12-9-16(19(13-18)22(23,24)25)8-5-15-6-10-17(11-7-15)29-21(27)14(2)3/h4-13H,1-2H2,3H3/b8-5+. The van der Waals surface area contributed by atoms with Gasteiger partial charge in [-0.25, -0.2) is 0 Å². The van der Waals surface area contributed by atoms with Crippen molar-refractivity contribution in [3.8, 4) is 0 Å². The van der Waals surface area contributed by atoms with E-state index in [1.165, 1.54) is 18.2 Å². The zero-order valence-electron chi connectivity index (χ0n) is 15.5. The molecule has 0 aliphatic carbocycles. The molecule has 0 aliphatic heterocycles. The van der Waals surface area contributed by atoms with Gasteiger partial charge >= 0.3 is 6.18 Å². The van der Waals surface area contributed by atoms with Gasteiger partial charge in [0, 0.05) is 9.79 Å². The van der Waals surface area contributed by atoms with Gasteiger partial charge in [-0.3, -0.25) is 9.59 Å². The fraction of sp³-hybridized carbons (Fsp3) is 0.0909. The summed E-state index contributed by atoms with van der Waals surface area (Å²) in [5, 5.41) is -0.569. The molecule has 0 atom stereocenters. The summed E-state index contributed by atoms with van der Waals surface area (Å²) in [5.74, 6) is 0. The number of hydrogen-bond acceptors (Lipinski definition) is 4. The molecular weight excluding hydrogens is 417 g/mol. The molecule has 7 heteroatoms. The van der Waals surface area contributed by atoms with Crippen LogP contribution in [0, 0.1) is 0 Å². The Morgan fingerprint density at radius 2 is 1.59 bits per heavy atom. The SMILES string of the molecule is C=CC(=O)Sc1ccc(/C=C/c2ccc(SC(=O)C(=C)C)cc2)c(C(F)(F)F)c1. The molecule has 0 saturated heterocycles. The first-order valence-corrected chi connectivity index (χ1v) is 9.95. The van der Waals surface area contributed by atoms with Gasteiger partial charge in [-0.1, -0.05) is 43.5 Å². The first-order valence-electron chi connectivity index (χ1n) is 8.31. The van der Waals surface area contributed by atoms with Gasteiger partial charge in [0.15, 0.2) is 0 Å². The second kappa shape index (κ2) is 9.80. The number of carbonyl (C=O) groups is 2. The number of carbonyl (C=O) groups excluding carboxylic acids is 2. The van der Waals surface area contributed by atoms with Crippen molar-refractivity contribution in [2.45, 2.75) is 22.9 Å². The van der Waals surface area contributed by atoms with Crippen molar-refractivity contribution in [1.29, 1.82) is 0 Å². The zero-order chi connectivity index (χ0) is 21.6. The van der Waals surface area contributed by atoms with Crippen LogP contribution in [0.1, 0.15) is 23.6 Å². The number of alkyl halides is 3. The Labute approximate surface area is 175 Å². The van der Waals surface area contributed by atoms with Crippen molar-refractivity contribution < 1.29 is 22.8 Å². The van der Waals surface area contributed by atoms with E-state index in [0.717, 1.165) is 28.8 Å². The van der Waals surface area contributed by atoms with Crippen LogP contribution in [0.15, 0.2) is 77.1 Å². The van der Waals surface area contributed by atoms with Gasteiger partial charge in [-0.15, -0.1) is 0 Å². The third-order valence-electron chi connectivity index (χ3n) is 3.61. The predicted molar refractivity (Wildman–Crippen MR) is 114 cm³/mol. The Bertz CT molecular complexity index is 975. The van der Waals surface area contributed by atoms with Crippen LogP contribution in [0.2, 0.25) is 0 Å². The lowest BCUT2D eigenvalue weighted by atomic mass is 10.1. The molecule has 0 fully saturated rings. The fourth-order valence-corrected chi connectivity index (χ4v) is 3.46. The molecule has 0 amide bonds. The third kappa shape index (κ3) is 6.80. The molecule has 2 rings (SSSR count). The van der Waals surface area contributed by atoms with E-state index in [1.807, 2.05) is 0 Å². The van der Waals surface area contributed by atoms with Crippen molar-refractivity contribution >= 4 is 45.9 Å². The van der Waals surface area contributed by atoms with Crippen molar-refractivity contribution in [3.63, 3.8) is 0 Å². The van der Waals surface area contributed by atoms with Crippen LogP contribution in [0.5, 0.6) is 0 Å². The van der Waals surface area contributed by atoms with Crippen LogP contribution in [0.4, 0.5) is 13.2 Å². The molecule has 0 spiro atoms. The Hall–Kier alpha value is -2.51. The molecule has 0 N–H and O–H groups in total. The van der Waals surface area contributed by atoms with E-state index in [2.05, 4.69) is 13.2 Å². The van der Waals surface area contributed by atoms with E-state index in [4.69, 9.17) is 0 Å². The summed E-state index contributed by atoms with van der Waals surface area (Å²) < 4.78 is 40.3. The van der Waals surface area contributed by atoms with E-state index in [-0.39, 0.29) is 15.6 Å². The molecule has 0 aliphatic rings. The zero-order valence-corrected chi connectivity index (χ0v) is 17.1. The van der Waals surface area contributed by atoms with Crippen molar-refractivity contribution in [2.75, 3.05) is 0 Å². The highest BCUT2D eigenvalue weighted by atomic mass is 32.2. The molecule has 0 bridgehead atoms. The molecule has 29 heavy (non-hydrogen) atoms. The van der Waals surface area contributed by atoms with Crippen molar-refractivity contribution in [3.05, 3.63) is 84.0 Å². The second-order valence-corrected chi connectivity index (χ2v) is 8.07. The summed E-state index contributed by atoms with van der Waals surface area (Å²) in [7, 11) is 0. The van der Waals surface area contributed by atoms with E-state index < -0.39 is 16.9 Å². The van der Waals surface area contributed by atoms with E-state index >= 15 is 0 Å². The lowest BCUT2D eigenvalue weighted by molar-refractivity contribution is -0.137. The van der Waals surface area contributed by atoms with Crippen LogP contribution >= 0.6 is 23.5 Å². The summed E-state index contributed by atoms with van der Waals surface area (Å²) in [6.07, 6.45) is -0.580. The number of hydrogen-bond donors (Lipinski definition) is 0. The summed E-state index contributed by atoms with van der Waals surface area (Å²) >= 11 is 1.73. The Kier molecular flexibility index (Phi) is 7.70. The predicted octanol–water partition coefficient (Wildman–Crippen LogP) is 6.88. The molecule has 2 aromatic carbocycles. The first-order chi connectivity index (χ1) is 13.6. The van der Waals surface area contributed by atoms with Crippen LogP contribution in [0.3, 0.4) is 0 Å². The lowest BCUT2D eigenvalue weighted by Gasteiger charge is -2.12. The van der Waals surface area contributed by atoms with Gasteiger partial charge < -0.3 is 0 Å². The van der Waals surface area contributed by atoms with Crippen LogP contribution in [-0.2, 0) is 15.8 Å². The average molecular weight is 435 g/mol. The molecule has 0 heterocycles. The summed E-state index contributed by atoms with van der Waals surface area (Å²) in [4.78, 5) is 24.0. The molecule has 0 aromatic heterocycles. The molecular formula is C22H17F3O2S2. The smallest absolute Gasteiger partial charge is 0.282 e. The maximum atomic E-state index is 13.4. The number of halogens is 3. The normalized spacial score (nSPS) is 11.4. The minimum Gasteiger partial charge on any atom is -0.282 e.